The van der Waals surface area contributed by atoms with Gasteiger partial charge in [0.2, 0.25) is 0 Å². The molecule has 0 radical (unpaired) electrons. The van der Waals surface area contributed by atoms with Gasteiger partial charge in [-0.15, -0.1) is 0 Å². The number of rotatable bonds is 2. The zero-order valence-corrected chi connectivity index (χ0v) is 16.4. The molecule has 152 valence electrons. The maximum atomic E-state index is 12.7. The van der Waals surface area contributed by atoms with E-state index in [1.165, 1.54) is 12.1 Å². The monoisotopic (exact) mass is 402 g/mol. The zero-order valence-electron chi connectivity index (χ0n) is 16.4. The maximum absolute atomic E-state index is 12.7. The van der Waals surface area contributed by atoms with E-state index in [9.17, 15) is 22.8 Å². The van der Waals surface area contributed by atoms with Gasteiger partial charge in [-0.25, -0.2) is 0 Å². The van der Waals surface area contributed by atoms with E-state index in [-0.39, 0.29) is 23.3 Å². The minimum Gasteiger partial charge on any atom is -0.354 e. The van der Waals surface area contributed by atoms with Gasteiger partial charge < -0.3 is 10.3 Å². The Balaban J connectivity index is 1.69. The molecule has 0 saturated carbocycles. The Morgan fingerprint density at radius 1 is 1.28 bits per heavy atom. The number of carbonyl (C=O) groups excluding carboxylic acids is 2. The first-order chi connectivity index (χ1) is 13.5. The summed E-state index contributed by atoms with van der Waals surface area (Å²) in [6.45, 7) is 5.71. The molecule has 2 N–H and O–H groups in total. The number of H-pyrrole nitrogens is 1. The molecule has 4 nitrogen and oxygen atoms in total. The van der Waals surface area contributed by atoms with Crippen LogP contribution in [0.1, 0.15) is 63.5 Å². The lowest BCUT2D eigenvalue weighted by atomic mass is 9.75. The maximum Gasteiger partial charge on any atom is 0.416 e. The van der Waals surface area contributed by atoms with E-state index < -0.39 is 17.6 Å². The lowest BCUT2D eigenvalue weighted by Gasteiger charge is -2.28. The molecule has 0 atom stereocenters. The molecule has 29 heavy (non-hydrogen) atoms. The summed E-state index contributed by atoms with van der Waals surface area (Å²) in [5, 5.41) is 2.62. The van der Waals surface area contributed by atoms with Gasteiger partial charge in [0.15, 0.2) is 5.78 Å². The highest BCUT2D eigenvalue weighted by molar-refractivity contribution is 6.04. The number of amides is 1. The summed E-state index contributed by atoms with van der Waals surface area (Å²) in [4.78, 5) is 28.0. The molecule has 0 unspecified atom stereocenters. The van der Waals surface area contributed by atoms with Crippen LogP contribution in [0, 0.1) is 24.2 Å². The topological polar surface area (TPSA) is 62.0 Å². The van der Waals surface area contributed by atoms with Gasteiger partial charge >= 0.3 is 6.18 Å². The van der Waals surface area contributed by atoms with Gasteiger partial charge in [-0.3, -0.25) is 9.59 Å². The summed E-state index contributed by atoms with van der Waals surface area (Å²) in [5.74, 6) is 4.89. The van der Waals surface area contributed by atoms with Gasteiger partial charge in [0, 0.05) is 23.2 Å². The van der Waals surface area contributed by atoms with Crippen molar-refractivity contribution in [3.8, 4) is 11.8 Å². The van der Waals surface area contributed by atoms with Crippen LogP contribution in [0.2, 0.25) is 0 Å². The van der Waals surface area contributed by atoms with Crippen LogP contribution in [0.15, 0.2) is 24.3 Å². The summed E-state index contributed by atoms with van der Waals surface area (Å²) in [6, 6.07) is 4.70. The number of alkyl halides is 3. The number of Topliss-reactive ketones (excluding diaryl/α,β-unsaturated/α-hetero) is 1. The van der Waals surface area contributed by atoms with E-state index >= 15 is 0 Å². The molecule has 0 aliphatic heterocycles. The third-order valence-corrected chi connectivity index (χ3v) is 4.89. The molecule has 0 fully saturated rings. The number of carbonyl (C=O) groups is 2. The van der Waals surface area contributed by atoms with Gasteiger partial charge in [-0.2, -0.15) is 13.2 Å². The fourth-order valence-corrected chi connectivity index (χ4v) is 3.59. The molecule has 0 saturated heterocycles. The normalized spacial score (nSPS) is 15.3. The van der Waals surface area contributed by atoms with Crippen LogP contribution < -0.4 is 5.32 Å². The highest BCUT2D eigenvalue weighted by Crippen LogP contribution is 2.36. The van der Waals surface area contributed by atoms with E-state index in [1.807, 2.05) is 13.8 Å². The van der Waals surface area contributed by atoms with Crippen molar-refractivity contribution < 1.29 is 22.8 Å². The fraction of sp³-hybridized carbons (Fsp3) is 0.364. The summed E-state index contributed by atoms with van der Waals surface area (Å²) in [7, 11) is 0. The number of nitrogens with one attached hydrogen (secondary N) is 2. The summed E-state index contributed by atoms with van der Waals surface area (Å²) in [5.41, 5.74) is 1.58. The number of hydrogen-bond donors (Lipinski definition) is 2. The average molecular weight is 402 g/mol. The molecule has 2 aromatic rings. The predicted octanol–water partition coefficient (Wildman–Crippen LogP) is 4.28. The van der Waals surface area contributed by atoms with Crippen LogP contribution in [0.4, 0.5) is 13.2 Å². The van der Waals surface area contributed by atoms with Crippen LogP contribution in [-0.2, 0) is 12.6 Å². The molecule has 1 aliphatic carbocycles. The minimum atomic E-state index is -4.43. The second-order valence-electron chi connectivity index (χ2n) is 7.98. The number of aromatic nitrogens is 1. The van der Waals surface area contributed by atoms with Gasteiger partial charge in [0.25, 0.3) is 5.91 Å². The van der Waals surface area contributed by atoms with E-state index in [0.717, 1.165) is 17.8 Å². The molecular formula is C22H21F3N2O2. The van der Waals surface area contributed by atoms with Gasteiger partial charge in [0.05, 0.1) is 12.1 Å². The quantitative estimate of drug-likeness (QED) is 0.737. The number of ketones is 1. The Labute approximate surface area is 166 Å². The Hall–Kier alpha value is -3.01. The molecule has 1 aromatic carbocycles. The number of aromatic amines is 1. The van der Waals surface area contributed by atoms with Crippen molar-refractivity contribution in [2.45, 2.75) is 39.8 Å². The Kier molecular flexibility index (Phi) is 5.31. The molecule has 1 aromatic heterocycles. The largest absolute Gasteiger partial charge is 0.416 e. The number of halogens is 3. The molecule has 0 bridgehead atoms. The molecule has 3 rings (SSSR count). The van der Waals surface area contributed by atoms with Crippen molar-refractivity contribution in [2.75, 3.05) is 6.54 Å². The Morgan fingerprint density at radius 3 is 2.69 bits per heavy atom. The fourth-order valence-electron chi connectivity index (χ4n) is 3.59. The molecular weight excluding hydrogens is 381 g/mol. The second kappa shape index (κ2) is 7.43. The molecule has 1 amide bonds. The minimum absolute atomic E-state index is 0.0217. The van der Waals surface area contributed by atoms with Crippen LogP contribution in [0.5, 0.6) is 0 Å². The number of fused-ring (bicyclic) bond motifs is 1. The van der Waals surface area contributed by atoms with Crippen molar-refractivity contribution in [3.05, 3.63) is 57.9 Å². The Morgan fingerprint density at radius 2 is 2.00 bits per heavy atom. The first-order valence-corrected chi connectivity index (χ1v) is 9.17. The van der Waals surface area contributed by atoms with E-state index in [1.54, 1.807) is 6.92 Å². The summed E-state index contributed by atoms with van der Waals surface area (Å²) in [6.07, 6.45) is -3.32. The lowest BCUT2D eigenvalue weighted by Crippen LogP contribution is -2.26. The van der Waals surface area contributed by atoms with Crippen LogP contribution in [0.25, 0.3) is 0 Å². The van der Waals surface area contributed by atoms with Crippen molar-refractivity contribution >= 4 is 11.7 Å². The zero-order chi connectivity index (χ0) is 21.4. The van der Waals surface area contributed by atoms with Gasteiger partial charge in [-0.05, 0) is 42.5 Å². The van der Waals surface area contributed by atoms with Crippen molar-refractivity contribution in [3.63, 3.8) is 0 Å². The van der Waals surface area contributed by atoms with Crippen LogP contribution >= 0.6 is 0 Å². The van der Waals surface area contributed by atoms with Gasteiger partial charge in [-0.1, -0.05) is 31.8 Å². The standard InChI is InChI=1S/C22H21F3N2O2/c1-13-18-16(11-21(2,3)12-17(18)28)27-19(13)20(29)26-9-5-7-14-6-4-8-15(10-14)22(23,24)25/h4,6,8,10,27H,9,11-12H2,1-3H3,(H,26,29). The van der Waals surface area contributed by atoms with Crippen molar-refractivity contribution in [1.82, 2.24) is 10.3 Å². The SMILES string of the molecule is Cc1c(C(=O)NCC#Cc2cccc(C(F)(F)F)c2)[nH]c2c1C(=O)CC(C)(C)C2. The van der Waals surface area contributed by atoms with Crippen molar-refractivity contribution in [1.29, 1.82) is 0 Å². The van der Waals surface area contributed by atoms with E-state index in [4.69, 9.17) is 0 Å². The predicted molar refractivity (Wildman–Crippen MR) is 103 cm³/mol. The second-order valence-corrected chi connectivity index (χ2v) is 7.98. The third-order valence-electron chi connectivity index (χ3n) is 4.89. The molecule has 1 aliphatic rings. The third kappa shape index (κ3) is 4.53. The molecule has 0 spiro atoms. The molecule has 7 heteroatoms. The van der Waals surface area contributed by atoms with E-state index in [0.29, 0.717) is 29.7 Å². The highest BCUT2D eigenvalue weighted by atomic mass is 19.4. The van der Waals surface area contributed by atoms with Gasteiger partial charge in [0.1, 0.15) is 5.69 Å². The smallest absolute Gasteiger partial charge is 0.354 e. The summed E-state index contributed by atoms with van der Waals surface area (Å²) >= 11 is 0. The first-order valence-electron chi connectivity index (χ1n) is 9.17. The van der Waals surface area contributed by atoms with E-state index in [2.05, 4.69) is 22.1 Å². The van der Waals surface area contributed by atoms with Crippen molar-refractivity contribution in [2.24, 2.45) is 5.41 Å². The van der Waals surface area contributed by atoms with Crippen LogP contribution in [0.3, 0.4) is 0 Å². The first kappa shape index (κ1) is 20.7. The molecule has 1 heterocycles. The summed E-state index contributed by atoms with van der Waals surface area (Å²) < 4.78 is 38.2. The lowest BCUT2D eigenvalue weighted by molar-refractivity contribution is -0.137. The Bertz CT molecular complexity index is 1040. The van der Waals surface area contributed by atoms with Crippen LogP contribution in [-0.4, -0.2) is 23.2 Å². The highest BCUT2D eigenvalue weighted by Gasteiger charge is 2.35. The average Bonchev–Trinajstić information content (AvgIpc) is 2.93. The number of benzene rings is 1. The number of hydrogen-bond acceptors (Lipinski definition) is 2.